The van der Waals surface area contributed by atoms with E-state index in [4.69, 9.17) is 16.5 Å². The number of carbonyl (C=O) groups is 1. The van der Waals surface area contributed by atoms with Crippen molar-refractivity contribution in [1.82, 2.24) is 29.9 Å². The third-order valence-electron chi connectivity index (χ3n) is 9.18. The molecule has 0 bridgehead atoms. The van der Waals surface area contributed by atoms with Crippen LogP contribution in [0.1, 0.15) is 17.5 Å². The molecule has 24 nitrogen and oxygen atoms in total. The predicted octanol–water partition coefficient (Wildman–Crippen LogP) is -2.78. The quantitative estimate of drug-likeness (QED) is 0.00518. The third-order valence-corrected chi connectivity index (χ3v) is 10.7. The first-order chi connectivity index (χ1) is 32.8. The van der Waals surface area contributed by atoms with Crippen molar-refractivity contribution in [1.29, 1.82) is 0 Å². The second kappa shape index (κ2) is 28.4. The molecule has 1 amide bonds. The number of anilines is 10. The zero-order valence-corrected chi connectivity index (χ0v) is 43.4. The number of aliphatic hydroxyl groups excluding tert-OH is 2. The standard InChI is InChI=1S/C42H46N14O10S2.2Na/c1-27(64-44)26-56(21-23-58)42-53-38(46-31-10-6-3-7-11-31)50-39(54-42)47-32-16-14-28(34(24-32)67-66-65-60)12-13-29-15-17-33(25-35(29)68(61,62)63)48-40-49-37(45-30-8-4-2-5-9-30)51-41(52-40)55(20-22-57)19-18-36(43)59;;/h2-17,24-25,57-58,60H,1,18-23,26,44H2,(H2,43,59)(H,61,62,63)(H2,45,48,49,51,52)(H2,46,47,50,53,54);;/q;2*+1/p-2. The Morgan fingerprint density at radius 2 is 1.17 bits per heavy atom. The fraction of sp³-hybridized carbons (Fsp3) is 0.167. The van der Waals surface area contributed by atoms with Crippen LogP contribution in [0, 0.1) is 0 Å². The summed E-state index contributed by atoms with van der Waals surface area (Å²) in [5.41, 5.74) is 7.57. The van der Waals surface area contributed by atoms with Crippen molar-refractivity contribution in [3.63, 3.8) is 0 Å². The Labute approximate surface area is 450 Å². The van der Waals surface area contributed by atoms with Gasteiger partial charge in [-0.1, -0.05) is 67.3 Å². The van der Waals surface area contributed by atoms with Gasteiger partial charge in [-0.2, -0.15) is 40.1 Å². The van der Waals surface area contributed by atoms with Crippen LogP contribution in [0.4, 0.5) is 58.4 Å². The Morgan fingerprint density at radius 3 is 1.66 bits per heavy atom. The minimum atomic E-state index is -5.10. The summed E-state index contributed by atoms with van der Waals surface area (Å²) in [6.45, 7) is 3.41. The van der Waals surface area contributed by atoms with E-state index in [-0.39, 0.29) is 158 Å². The topological polar surface area (TPSA) is 349 Å². The minimum Gasteiger partial charge on any atom is -0.744 e. The first kappa shape index (κ1) is 57.1. The molecule has 4 aromatic carbocycles. The van der Waals surface area contributed by atoms with Gasteiger partial charge in [0.05, 0.1) is 36.7 Å². The first-order valence-corrected chi connectivity index (χ1v) is 22.3. The smallest absolute Gasteiger partial charge is 0.744 e. The third kappa shape index (κ3) is 17.4. The molecule has 6 aromatic rings. The van der Waals surface area contributed by atoms with E-state index >= 15 is 0 Å². The van der Waals surface area contributed by atoms with E-state index in [0.717, 1.165) is 6.07 Å². The molecule has 0 saturated heterocycles. The maximum Gasteiger partial charge on any atom is 1.00 e. The molecule has 10 N–H and O–H groups in total. The van der Waals surface area contributed by atoms with Gasteiger partial charge in [0.2, 0.25) is 41.6 Å². The molecular formula is C42H44N14Na2O10S2. The number of aliphatic hydroxyl groups is 2. The van der Waals surface area contributed by atoms with Crippen molar-refractivity contribution in [2.75, 3.05) is 70.5 Å². The molecule has 0 aliphatic carbocycles. The van der Waals surface area contributed by atoms with Crippen LogP contribution in [-0.4, -0.2) is 98.4 Å². The average molecular weight is 1020 g/mol. The second-order valence-electron chi connectivity index (χ2n) is 14.0. The first-order valence-electron chi connectivity index (χ1n) is 20.1. The Bertz CT molecular complexity index is 2810. The number of amides is 1. The Kier molecular flexibility index (Phi) is 23.1. The normalized spacial score (nSPS) is 10.9. The molecule has 0 aliphatic rings. The zero-order chi connectivity index (χ0) is 48.5. The number of rotatable bonds is 26. The largest absolute Gasteiger partial charge is 1.00 e. The second-order valence-corrected chi connectivity index (χ2v) is 16.1. The fourth-order valence-corrected chi connectivity index (χ4v) is 7.32. The average Bonchev–Trinajstić information content (AvgIpc) is 3.32. The van der Waals surface area contributed by atoms with E-state index in [1.54, 1.807) is 59.5 Å². The van der Waals surface area contributed by atoms with Crippen LogP contribution in [0.2, 0.25) is 0 Å². The van der Waals surface area contributed by atoms with Crippen LogP contribution in [-0.2, 0) is 29.1 Å². The molecule has 356 valence electrons. The summed E-state index contributed by atoms with van der Waals surface area (Å²) >= 11 is 0.544. The van der Waals surface area contributed by atoms with Gasteiger partial charge in [-0.15, -0.1) is 0 Å². The number of benzene rings is 4. The number of nitrogens with zero attached hydrogens (tertiary/aromatic N) is 8. The zero-order valence-electron chi connectivity index (χ0n) is 37.8. The van der Waals surface area contributed by atoms with Gasteiger partial charge in [-0.05, 0) is 59.7 Å². The van der Waals surface area contributed by atoms with Crippen molar-refractivity contribution >= 4 is 98.7 Å². The van der Waals surface area contributed by atoms with Gasteiger partial charge < -0.3 is 61.7 Å². The number of hydrogen-bond donors (Lipinski definition) is 8. The minimum absolute atomic E-state index is 0. The van der Waals surface area contributed by atoms with Gasteiger partial charge in [0.15, 0.2) is 0 Å². The number of primary amides is 1. The molecule has 70 heavy (non-hydrogen) atoms. The molecule has 2 aromatic heterocycles. The molecule has 0 spiro atoms. The van der Waals surface area contributed by atoms with Crippen LogP contribution in [0.25, 0.3) is 12.2 Å². The van der Waals surface area contributed by atoms with E-state index in [2.05, 4.69) is 67.1 Å². The summed E-state index contributed by atoms with van der Waals surface area (Å²) in [5, 5.41) is 46.3. The van der Waals surface area contributed by atoms with E-state index in [1.807, 2.05) is 24.3 Å². The predicted molar refractivity (Wildman–Crippen MR) is 250 cm³/mol. The summed E-state index contributed by atoms with van der Waals surface area (Å²) < 4.78 is 42.8. The van der Waals surface area contributed by atoms with Crippen molar-refractivity contribution < 1.29 is 107 Å². The van der Waals surface area contributed by atoms with Gasteiger partial charge in [-0.3, -0.25) is 9.83 Å². The Hall–Kier alpha value is -5.53. The number of nitrogens with two attached hydrogens (primary N) is 2. The van der Waals surface area contributed by atoms with Crippen molar-refractivity contribution in [2.24, 2.45) is 11.6 Å². The Morgan fingerprint density at radius 1 is 0.700 bits per heavy atom. The van der Waals surface area contributed by atoms with Crippen LogP contribution in [0.15, 0.2) is 119 Å². The van der Waals surface area contributed by atoms with Crippen molar-refractivity contribution in [3.05, 3.63) is 121 Å². The van der Waals surface area contributed by atoms with Crippen molar-refractivity contribution in [3.8, 4) is 0 Å². The number of nitrogens with one attached hydrogen (secondary N) is 4. The molecule has 0 unspecified atom stereocenters. The molecular weight excluding hydrogens is 971 g/mol. The van der Waals surface area contributed by atoms with Crippen LogP contribution in [0.3, 0.4) is 0 Å². The van der Waals surface area contributed by atoms with Gasteiger partial charge in [0.25, 0.3) is 0 Å². The summed E-state index contributed by atoms with van der Waals surface area (Å²) in [7, 11) is -5.10. The molecule has 0 aliphatic heterocycles. The molecule has 28 heteroatoms. The maximum absolute atomic E-state index is 12.7. The van der Waals surface area contributed by atoms with Crippen LogP contribution in [0.5, 0.6) is 0 Å². The van der Waals surface area contributed by atoms with Gasteiger partial charge in [-0.25, -0.2) is 8.42 Å². The van der Waals surface area contributed by atoms with E-state index in [1.165, 1.54) is 29.2 Å². The SMILES string of the molecule is C=C(CN(CCO)c1nc(Nc2ccccc2)nc(Nc2ccc(C=Cc3ccc(Nc4nc(Nc5ccccc5)nc(N(CCO)CCC(N)=O)n4)cc3S(=O)(=O)[O-])c(SOO[O-])c2)n1)ON.[Na+].[Na+]. The van der Waals surface area contributed by atoms with E-state index < -0.39 is 20.9 Å². The van der Waals surface area contributed by atoms with Gasteiger partial charge >= 0.3 is 59.1 Å². The Balaban J connectivity index is 0.00000533. The molecule has 0 atom stereocenters. The van der Waals surface area contributed by atoms with Crippen molar-refractivity contribution in [2.45, 2.75) is 16.2 Å². The molecule has 6 rings (SSSR count). The number of hydrogen-bond acceptors (Lipinski definition) is 24. The molecule has 2 heterocycles. The molecule has 0 fully saturated rings. The van der Waals surface area contributed by atoms with E-state index in [0.29, 0.717) is 39.6 Å². The fourth-order valence-electron chi connectivity index (χ4n) is 6.11. The number of aromatic nitrogens is 6. The van der Waals surface area contributed by atoms with E-state index in [9.17, 15) is 33.2 Å². The molecule has 0 saturated carbocycles. The summed E-state index contributed by atoms with van der Waals surface area (Å²) in [4.78, 5) is 46.0. The van der Waals surface area contributed by atoms with Gasteiger partial charge in [0, 0.05) is 53.7 Å². The summed E-state index contributed by atoms with van der Waals surface area (Å²) in [6.07, 6.45) is 2.80. The van der Waals surface area contributed by atoms with Crippen LogP contribution < -0.4 is 107 Å². The van der Waals surface area contributed by atoms with Gasteiger partial charge in [0.1, 0.15) is 15.9 Å². The molecule has 0 radical (unpaired) electrons. The monoisotopic (exact) mass is 1010 g/mol. The number of carbonyl (C=O) groups excluding carboxylic acids is 1. The summed E-state index contributed by atoms with van der Waals surface area (Å²) in [5.74, 6) is 5.26. The van der Waals surface area contributed by atoms with Crippen LogP contribution >= 0.6 is 12.0 Å². The number of para-hydroxylation sites is 2. The maximum atomic E-state index is 12.7. The summed E-state index contributed by atoms with van der Waals surface area (Å²) in [6, 6.07) is 26.8.